The number of cyclic esters (lactones) is 1. The Morgan fingerprint density at radius 2 is 1.88 bits per heavy atom. The molecular weight excluding hydrogens is 232 g/mol. The number of carbonyl (C=O) groups excluding carboxylic acids is 1. The third-order valence-electron chi connectivity index (χ3n) is 2.78. The van der Waals surface area contributed by atoms with Gasteiger partial charge in [-0.15, -0.1) is 0 Å². The Morgan fingerprint density at radius 1 is 1.38 bits per heavy atom. The van der Waals surface area contributed by atoms with Crippen LogP contribution in [0.3, 0.4) is 0 Å². The van der Waals surface area contributed by atoms with Crippen molar-refractivity contribution in [2.75, 3.05) is 6.61 Å². The van der Waals surface area contributed by atoms with Gasteiger partial charge in [-0.3, -0.25) is 0 Å². The predicted molar refractivity (Wildman–Crippen MR) is 57.5 cm³/mol. The Kier molecular flexibility index (Phi) is 3.06. The highest BCUT2D eigenvalue weighted by Crippen LogP contribution is 2.40. The normalized spacial score (nSPS) is 28.2. The van der Waals surface area contributed by atoms with E-state index < -0.39 is 43.5 Å². The Morgan fingerprint density at radius 3 is 2.12 bits per heavy atom. The predicted octanol–water partition coefficient (Wildman–Crippen LogP) is -0.160. The van der Waals surface area contributed by atoms with Crippen molar-refractivity contribution in [3.05, 3.63) is 11.5 Å². The molecule has 0 unspecified atom stereocenters. The van der Waals surface area contributed by atoms with Crippen molar-refractivity contribution in [2.24, 2.45) is 0 Å². The zero-order chi connectivity index (χ0) is 12.7. The van der Waals surface area contributed by atoms with Gasteiger partial charge in [-0.2, -0.15) is 0 Å². The average molecular weight is 248 g/mol. The standard InChI is InChI=1S/C9H16O6Si/c1-16(2,3)9(5(11)4-10)7(13)6(12)8(14)15-9/h5,10-13H,4H2,1-3H3/t5-,9-/m0/s1. The number of rotatable bonds is 3. The molecule has 1 rings (SSSR count). The Labute approximate surface area is 93.8 Å². The van der Waals surface area contributed by atoms with Crippen LogP contribution in [0.25, 0.3) is 0 Å². The highest BCUT2D eigenvalue weighted by Gasteiger charge is 2.61. The van der Waals surface area contributed by atoms with Crippen molar-refractivity contribution in [1.29, 1.82) is 0 Å². The summed E-state index contributed by atoms with van der Waals surface area (Å²) in [5.41, 5.74) is 0. The summed E-state index contributed by atoms with van der Waals surface area (Å²) in [6, 6.07) is 0. The van der Waals surface area contributed by atoms with Crippen LogP contribution in [0, 0.1) is 0 Å². The Hall–Kier alpha value is -1.05. The van der Waals surface area contributed by atoms with Gasteiger partial charge in [0.2, 0.25) is 5.76 Å². The summed E-state index contributed by atoms with van der Waals surface area (Å²) in [6.07, 6.45) is -1.45. The smallest absolute Gasteiger partial charge is 0.377 e. The van der Waals surface area contributed by atoms with Gasteiger partial charge in [0.1, 0.15) is 14.2 Å². The first-order valence-corrected chi connectivity index (χ1v) is 8.33. The van der Waals surface area contributed by atoms with E-state index in [1.807, 2.05) is 0 Å². The second kappa shape index (κ2) is 3.76. The van der Waals surface area contributed by atoms with E-state index in [1.165, 1.54) is 0 Å². The molecule has 0 saturated carbocycles. The number of aliphatic hydroxyl groups is 4. The van der Waals surface area contributed by atoms with E-state index in [1.54, 1.807) is 19.6 Å². The van der Waals surface area contributed by atoms with Crippen LogP contribution in [-0.2, 0) is 9.53 Å². The molecule has 0 aromatic heterocycles. The molecule has 0 saturated heterocycles. The number of hydrogen-bond acceptors (Lipinski definition) is 6. The van der Waals surface area contributed by atoms with Gasteiger partial charge in [-0.05, 0) is 0 Å². The minimum atomic E-state index is -2.43. The van der Waals surface area contributed by atoms with Gasteiger partial charge in [-0.25, -0.2) is 4.79 Å². The molecule has 0 aliphatic carbocycles. The molecule has 1 aliphatic rings. The van der Waals surface area contributed by atoms with Gasteiger partial charge in [-0.1, -0.05) is 19.6 Å². The molecule has 16 heavy (non-hydrogen) atoms. The minimum Gasteiger partial charge on any atom is -0.505 e. The maximum Gasteiger partial charge on any atom is 0.377 e. The maximum atomic E-state index is 11.2. The summed E-state index contributed by atoms with van der Waals surface area (Å²) in [6.45, 7) is 4.56. The van der Waals surface area contributed by atoms with Crippen LogP contribution >= 0.6 is 0 Å². The third kappa shape index (κ3) is 1.51. The van der Waals surface area contributed by atoms with Gasteiger partial charge in [0.15, 0.2) is 11.0 Å². The SMILES string of the molecule is C[Si](C)(C)[C@]1([C@@H](O)CO)OC(=O)C(O)=C1O. The van der Waals surface area contributed by atoms with Crippen LogP contribution < -0.4 is 0 Å². The molecule has 0 spiro atoms. The van der Waals surface area contributed by atoms with Gasteiger partial charge >= 0.3 is 5.97 Å². The first kappa shape index (κ1) is 13.0. The number of ether oxygens (including phenoxy) is 1. The lowest BCUT2D eigenvalue weighted by molar-refractivity contribution is -0.153. The highest BCUT2D eigenvalue weighted by atomic mass is 28.3. The molecular formula is C9H16O6Si. The third-order valence-corrected chi connectivity index (χ3v) is 5.68. The molecule has 6 nitrogen and oxygen atoms in total. The van der Waals surface area contributed by atoms with Crippen LogP contribution in [0.5, 0.6) is 0 Å². The summed E-state index contributed by atoms with van der Waals surface area (Å²) in [4.78, 5) is 11.2. The topological polar surface area (TPSA) is 107 Å². The first-order valence-electron chi connectivity index (χ1n) is 4.83. The lowest BCUT2D eigenvalue weighted by Crippen LogP contribution is -2.62. The van der Waals surface area contributed by atoms with Crippen LogP contribution in [0.4, 0.5) is 0 Å². The number of carbonyl (C=O) groups is 1. The van der Waals surface area contributed by atoms with Gasteiger partial charge in [0, 0.05) is 0 Å². The molecule has 92 valence electrons. The number of aliphatic hydroxyl groups excluding tert-OH is 4. The van der Waals surface area contributed by atoms with E-state index >= 15 is 0 Å². The summed E-state index contributed by atoms with van der Waals surface area (Å²) in [5, 5.41) is 36.1. The fraction of sp³-hybridized carbons (Fsp3) is 0.667. The van der Waals surface area contributed by atoms with Crippen molar-refractivity contribution in [3.8, 4) is 0 Å². The van der Waals surface area contributed by atoms with Crippen molar-refractivity contribution in [3.63, 3.8) is 0 Å². The first-order chi connectivity index (χ1) is 7.18. The second-order valence-corrected chi connectivity index (χ2v) is 10.0. The molecule has 0 amide bonds. The summed E-state index contributed by atoms with van der Waals surface area (Å²) < 4.78 is 4.93. The van der Waals surface area contributed by atoms with Gasteiger partial charge in [0.05, 0.1) is 6.61 Å². The zero-order valence-corrected chi connectivity index (χ0v) is 10.4. The zero-order valence-electron chi connectivity index (χ0n) is 9.39. The Balaban J connectivity index is 3.36. The molecule has 1 heterocycles. The number of hydrogen-bond donors (Lipinski definition) is 4. The molecule has 0 radical (unpaired) electrons. The van der Waals surface area contributed by atoms with Crippen molar-refractivity contribution in [2.45, 2.75) is 31.0 Å². The lowest BCUT2D eigenvalue weighted by Gasteiger charge is -2.40. The van der Waals surface area contributed by atoms with E-state index in [9.17, 15) is 20.1 Å². The van der Waals surface area contributed by atoms with Crippen molar-refractivity contribution < 1.29 is 30.0 Å². The summed E-state index contributed by atoms with van der Waals surface area (Å²) in [5.74, 6) is -2.65. The molecule has 7 heteroatoms. The lowest BCUT2D eigenvalue weighted by atomic mass is 10.1. The second-order valence-electron chi connectivity index (χ2n) is 4.77. The largest absolute Gasteiger partial charge is 0.505 e. The van der Waals surface area contributed by atoms with E-state index in [2.05, 4.69) is 0 Å². The highest BCUT2D eigenvalue weighted by molar-refractivity contribution is 6.80. The molecule has 1 aliphatic heterocycles. The molecule has 0 aromatic rings. The van der Waals surface area contributed by atoms with Gasteiger partial charge < -0.3 is 25.2 Å². The van der Waals surface area contributed by atoms with E-state index in [0.717, 1.165) is 0 Å². The monoisotopic (exact) mass is 248 g/mol. The summed E-state index contributed by atoms with van der Waals surface area (Å²) >= 11 is 0. The van der Waals surface area contributed by atoms with Crippen LogP contribution in [0.2, 0.25) is 19.6 Å². The van der Waals surface area contributed by atoms with Crippen LogP contribution in [-0.4, -0.2) is 52.4 Å². The van der Waals surface area contributed by atoms with E-state index in [4.69, 9.17) is 9.84 Å². The molecule has 0 bridgehead atoms. The van der Waals surface area contributed by atoms with E-state index in [0.29, 0.717) is 0 Å². The quantitative estimate of drug-likeness (QED) is 0.408. The molecule has 0 fully saturated rings. The van der Waals surface area contributed by atoms with Crippen molar-refractivity contribution in [1.82, 2.24) is 0 Å². The fourth-order valence-electron chi connectivity index (χ4n) is 1.88. The van der Waals surface area contributed by atoms with Gasteiger partial charge in [0.25, 0.3) is 0 Å². The average Bonchev–Trinajstić information content (AvgIpc) is 2.41. The van der Waals surface area contributed by atoms with Crippen molar-refractivity contribution >= 4 is 14.0 Å². The minimum absolute atomic E-state index is 0.672. The Bertz CT molecular complexity index is 344. The van der Waals surface area contributed by atoms with Crippen LogP contribution in [0.1, 0.15) is 0 Å². The fourth-order valence-corrected chi connectivity index (χ4v) is 4.20. The molecule has 0 aromatic carbocycles. The van der Waals surface area contributed by atoms with E-state index in [-0.39, 0.29) is 0 Å². The molecule has 2 atom stereocenters. The molecule has 4 N–H and O–H groups in total. The van der Waals surface area contributed by atoms with Crippen LogP contribution in [0.15, 0.2) is 11.5 Å². The number of esters is 1. The summed E-state index contributed by atoms with van der Waals surface area (Å²) in [7, 11) is -2.43. The maximum absolute atomic E-state index is 11.2.